The van der Waals surface area contributed by atoms with Crippen LogP contribution in [0.2, 0.25) is 5.02 Å². The topological polar surface area (TPSA) is 45.0 Å². The molecule has 0 amide bonds. The summed E-state index contributed by atoms with van der Waals surface area (Å²) in [7, 11) is 0. The number of hydrogen-bond donors (Lipinski definition) is 1. The molecule has 2 aromatic carbocycles. The molecule has 2 aromatic rings. The fourth-order valence-electron chi connectivity index (χ4n) is 1.68. The van der Waals surface area contributed by atoms with Gasteiger partial charge in [0.25, 0.3) is 0 Å². The Morgan fingerprint density at radius 1 is 1.20 bits per heavy atom. The zero-order valence-electron chi connectivity index (χ0n) is 10.6. The van der Waals surface area contributed by atoms with E-state index in [0.29, 0.717) is 23.0 Å². The van der Waals surface area contributed by atoms with E-state index >= 15 is 0 Å². The monoisotopic (exact) mass is 290 g/mol. The highest BCUT2D eigenvalue weighted by Crippen LogP contribution is 2.25. The lowest BCUT2D eigenvalue weighted by molar-refractivity contribution is 0.368. The first-order chi connectivity index (χ1) is 9.70. The number of nitrogens with zero attached hydrogens (tertiary/aromatic N) is 1. The van der Waals surface area contributed by atoms with Crippen LogP contribution in [-0.4, -0.2) is 6.61 Å². The van der Waals surface area contributed by atoms with E-state index in [4.69, 9.17) is 21.6 Å². The van der Waals surface area contributed by atoms with Crippen molar-refractivity contribution < 1.29 is 9.13 Å². The Bertz CT molecular complexity index is 603. The van der Waals surface area contributed by atoms with Gasteiger partial charge in [-0.25, -0.2) is 4.39 Å². The first-order valence-corrected chi connectivity index (χ1v) is 6.35. The van der Waals surface area contributed by atoms with Gasteiger partial charge in [0.2, 0.25) is 0 Å². The fourth-order valence-corrected chi connectivity index (χ4v) is 1.91. The average Bonchev–Trinajstić information content (AvgIpc) is 2.46. The first kappa shape index (κ1) is 14.2. The minimum Gasteiger partial charge on any atom is -0.479 e. The van der Waals surface area contributed by atoms with Gasteiger partial charge in [-0.15, -0.1) is 0 Å². The van der Waals surface area contributed by atoms with Crippen LogP contribution >= 0.6 is 11.6 Å². The van der Waals surface area contributed by atoms with E-state index in [1.165, 1.54) is 6.07 Å². The van der Waals surface area contributed by atoms with Crippen LogP contribution in [0.5, 0.6) is 5.75 Å². The highest BCUT2D eigenvalue weighted by Gasteiger charge is 2.06. The van der Waals surface area contributed by atoms with Crippen LogP contribution in [-0.2, 0) is 6.54 Å². The standard InChI is InChI=1S/C15H12ClFN2O/c16-13-2-1-3-14(17)15(13)19-10-11-4-6-12(7-5-11)20-9-8-18/h1-7,19H,9-10H2. The molecule has 0 aromatic heterocycles. The van der Waals surface area contributed by atoms with Crippen molar-refractivity contribution in [1.29, 1.82) is 5.26 Å². The lowest BCUT2D eigenvalue weighted by Crippen LogP contribution is -2.02. The Morgan fingerprint density at radius 3 is 2.60 bits per heavy atom. The number of halogens is 2. The van der Waals surface area contributed by atoms with Gasteiger partial charge >= 0.3 is 0 Å². The van der Waals surface area contributed by atoms with Crippen molar-refractivity contribution in [1.82, 2.24) is 0 Å². The zero-order valence-corrected chi connectivity index (χ0v) is 11.3. The highest BCUT2D eigenvalue weighted by atomic mass is 35.5. The number of para-hydroxylation sites is 1. The van der Waals surface area contributed by atoms with Gasteiger partial charge in [0.15, 0.2) is 6.61 Å². The zero-order chi connectivity index (χ0) is 14.4. The Morgan fingerprint density at radius 2 is 1.95 bits per heavy atom. The van der Waals surface area contributed by atoms with Gasteiger partial charge < -0.3 is 10.1 Å². The van der Waals surface area contributed by atoms with Crippen molar-refractivity contribution in [2.45, 2.75) is 6.54 Å². The smallest absolute Gasteiger partial charge is 0.174 e. The van der Waals surface area contributed by atoms with Crippen LogP contribution in [0, 0.1) is 17.1 Å². The summed E-state index contributed by atoms with van der Waals surface area (Å²) in [6.45, 7) is 0.460. The van der Waals surface area contributed by atoms with Gasteiger partial charge in [-0.2, -0.15) is 5.26 Å². The SMILES string of the molecule is N#CCOc1ccc(CNc2c(F)cccc2Cl)cc1. The maximum atomic E-state index is 13.6. The predicted octanol–water partition coefficient (Wildman–Crippen LogP) is 3.99. The lowest BCUT2D eigenvalue weighted by Gasteiger charge is -2.10. The van der Waals surface area contributed by atoms with Crippen molar-refractivity contribution in [3.05, 3.63) is 58.9 Å². The molecule has 20 heavy (non-hydrogen) atoms. The predicted molar refractivity (Wildman–Crippen MR) is 76.3 cm³/mol. The van der Waals surface area contributed by atoms with E-state index in [1.54, 1.807) is 24.3 Å². The van der Waals surface area contributed by atoms with E-state index in [1.807, 2.05) is 18.2 Å². The second-order valence-corrected chi connectivity index (χ2v) is 4.45. The van der Waals surface area contributed by atoms with Crippen LogP contribution in [0.4, 0.5) is 10.1 Å². The van der Waals surface area contributed by atoms with Gasteiger partial charge in [0.05, 0.1) is 10.7 Å². The second-order valence-electron chi connectivity index (χ2n) is 4.04. The third kappa shape index (κ3) is 3.62. The van der Waals surface area contributed by atoms with E-state index in [-0.39, 0.29) is 12.4 Å². The number of nitriles is 1. The number of anilines is 1. The largest absolute Gasteiger partial charge is 0.479 e. The molecular formula is C15H12ClFN2O. The van der Waals surface area contributed by atoms with Crippen LogP contribution < -0.4 is 10.1 Å². The first-order valence-electron chi connectivity index (χ1n) is 5.97. The normalized spacial score (nSPS) is 9.85. The number of benzene rings is 2. The van der Waals surface area contributed by atoms with E-state index < -0.39 is 0 Å². The van der Waals surface area contributed by atoms with Gasteiger partial charge in [-0.1, -0.05) is 29.8 Å². The summed E-state index contributed by atoms with van der Waals surface area (Å²) < 4.78 is 18.7. The minimum absolute atomic E-state index is 0.0163. The van der Waals surface area contributed by atoms with Gasteiger partial charge in [-0.3, -0.25) is 0 Å². The third-order valence-corrected chi connectivity index (χ3v) is 2.97. The fraction of sp³-hybridized carbons (Fsp3) is 0.133. The van der Waals surface area contributed by atoms with Crippen molar-refractivity contribution in [2.75, 3.05) is 11.9 Å². The molecule has 0 heterocycles. The molecule has 0 spiro atoms. The highest BCUT2D eigenvalue weighted by molar-refractivity contribution is 6.33. The van der Waals surface area contributed by atoms with Gasteiger partial charge in [0.1, 0.15) is 17.6 Å². The van der Waals surface area contributed by atoms with E-state index in [2.05, 4.69) is 5.32 Å². The summed E-state index contributed by atoms with van der Waals surface area (Å²) in [5, 5.41) is 11.7. The maximum absolute atomic E-state index is 13.6. The second kappa shape index (κ2) is 6.78. The molecule has 0 saturated heterocycles. The number of ether oxygens (including phenoxy) is 1. The Labute approximate surface area is 121 Å². The average molecular weight is 291 g/mol. The van der Waals surface area contributed by atoms with Crippen molar-refractivity contribution in [2.24, 2.45) is 0 Å². The number of nitrogens with one attached hydrogen (secondary N) is 1. The van der Waals surface area contributed by atoms with Crippen LogP contribution in [0.1, 0.15) is 5.56 Å². The van der Waals surface area contributed by atoms with Crippen molar-refractivity contribution in [3.8, 4) is 11.8 Å². The molecule has 0 atom stereocenters. The molecule has 0 radical (unpaired) electrons. The molecule has 0 fully saturated rings. The molecule has 0 aliphatic heterocycles. The summed E-state index contributed by atoms with van der Waals surface area (Å²) in [4.78, 5) is 0. The molecule has 1 N–H and O–H groups in total. The maximum Gasteiger partial charge on any atom is 0.174 e. The Kier molecular flexibility index (Phi) is 4.80. The molecule has 5 heteroatoms. The van der Waals surface area contributed by atoms with Crippen molar-refractivity contribution in [3.63, 3.8) is 0 Å². The Balaban J connectivity index is 1.99. The lowest BCUT2D eigenvalue weighted by atomic mass is 10.2. The molecule has 3 nitrogen and oxygen atoms in total. The summed E-state index contributed by atoms with van der Waals surface area (Å²) >= 11 is 5.93. The molecule has 102 valence electrons. The summed E-state index contributed by atoms with van der Waals surface area (Å²) in [5.41, 5.74) is 1.24. The van der Waals surface area contributed by atoms with Crippen molar-refractivity contribution >= 4 is 17.3 Å². The summed E-state index contributed by atoms with van der Waals surface area (Å²) in [6.07, 6.45) is 0. The molecule has 0 bridgehead atoms. The number of rotatable bonds is 5. The quantitative estimate of drug-likeness (QED) is 0.905. The molecule has 0 saturated carbocycles. The van der Waals surface area contributed by atoms with Gasteiger partial charge in [-0.05, 0) is 29.8 Å². The minimum atomic E-state index is -0.383. The Hall–Kier alpha value is -2.25. The number of hydrogen-bond acceptors (Lipinski definition) is 3. The summed E-state index contributed by atoms with van der Waals surface area (Å²) in [5.74, 6) is 0.241. The molecule has 0 aliphatic carbocycles. The molecule has 0 aliphatic rings. The van der Waals surface area contributed by atoms with Crippen LogP contribution in [0.25, 0.3) is 0 Å². The van der Waals surface area contributed by atoms with E-state index in [0.717, 1.165) is 5.56 Å². The van der Waals surface area contributed by atoms with Crippen LogP contribution in [0.15, 0.2) is 42.5 Å². The van der Waals surface area contributed by atoms with Gasteiger partial charge in [0, 0.05) is 6.54 Å². The third-order valence-electron chi connectivity index (χ3n) is 2.66. The van der Waals surface area contributed by atoms with E-state index in [9.17, 15) is 4.39 Å². The molecule has 2 rings (SSSR count). The molecule has 0 unspecified atom stereocenters. The van der Waals surface area contributed by atoms with Crippen LogP contribution in [0.3, 0.4) is 0 Å². The summed E-state index contributed by atoms with van der Waals surface area (Å²) in [6, 6.07) is 13.6. The molecular weight excluding hydrogens is 279 g/mol.